The Kier molecular flexibility index (Phi) is 4.84. The Hall–Kier alpha value is -1.60. The van der Waals surface area contributed by atoms with Gasteiger partial charge in [0.05, 0.1) is 5.56 Å². The van der Waals surface area contributed by atoms with Crippen molar-refractivity contribution >= 4 is 44.9 Å². The molecule has 1 N–H and O–H groups in total. The average molecular weight is 376 g/mol. The van der Waals surface area contributed by atoms with Gasteiger partial charge in [-0.25, -0.2) is 0 Å². The van der Waals surface area contributed by atoms with E-state index in [9.17, 15) is 18.0 Å². The maximum Gasteiger partial charge on any atom is 0.416 e. The minimum absolute atomic E-state index is 0.104. The molecule has 0 saturated heterocycles. The van der Waals surface area contributed by atoms with Crippen LogP contribution in [0.5, 0.6) is 0 Å². The van der Waals surface area contributed by atoms with Crippen molar-refractivity contribution in [1.82, 2.24) is 0 Å². The summed E-state index contributed by atoms with van der Waals surface area (Å²) in [6.07, 6.45) is -1.56. The first-order valence-electron chi connectivity index (χ1n) is 5.75. The number of carbonyl (C=O) groups is 1. The SMILES string of the molecule is O=C(/C=C/c1cc(Br)cs1)Nc1cccc(C(F)(F)F)c1. The van der Waals surface area contributed by atoms with Crippen molar-refractivity contribution in [3.63, 3.8) is 0 Å². The Bertz CT molecular complexity index is 679. The minimum atomic E-state index is -4.43. The molecule has 0 saturated carbocycles. The quantitative estimate of drug-likeness (QED) is 0.735. The van der Waals surface area contributed by atoms with Crippen molar-refractivity contribution in [2.24, 2.45) is 0 Å². The van der Waals surface area contributed by atoms with Crippen LogP contribution in [0.25, 0.3) is 6.08 Å². The highest BCUT2D eigenvalue weighted by Crippen LogP contribution is 2.30. The normalized spacial score (nSPS) is 11.8. The number of alkyl halides is 3. The first-order chi connectivity index (χ1) is 9.84. The molecule has 0 aliphatic carbocycles. The first-order valence-corrected chi connectivity index (χ1v) is 7.42. The van der Waals surface area contributed by atoms with Crippen LogP contribution in [0.1, 0.15) is 10.4 Å². The van der Waals surface area contributed by atoms with Gasteiger partial charge in [-0.2, -0.15) is 13.2 Å². The van der Waals surface area contributed by atoms with Gasteiger partial charge in [-0.05, 0) is 46.3 Å². The summed E-state index contributed by atoms with van der Waals surface area (Å²) in [4.78, 5) is 12.5. The monoisotopic (exact) mass is 375 g/mol. The second kappa shape index (κ2) is 6.44. The fourth-order valence-corrected chi connectivity index (χ4v) is 2.87. The molecule has 0 aliphatic heterocycles. The van der Waals surface area contributed by atoms with Crippen LogP contribution in [0.3, 0.4) is 0 Å². The third-order valence-corrected chi connectivity index (χ3v) is 4.10. The molecule has 1 aromatic carbocycles. The molecule has 1 heterocycles. The lowest BCUT2D eigenvalue weighted by Crippen LogP contribution is -2.10. The molecule has 0 radical (unpaired) electrons. The maximum absolute atomic E-state index is 12.5. The molecule has 2 rings (SSSR count). The second-order valence-electron chi connectivity index (χ2n) is 4.07. The van der Waals surface area contributed by atoms with Crippen molar-refractivity contribution in [2.75, 3.05) is 5.32 Å². The molecular formula is C14H9BrF3NOS. The van der Waals surface area contributed by atoms with Crippen LogP contribution in [0, 0.1) is 0 Å². The van der Waals surface area contributed by atoms with Gasteiger partial charge in [-0.1, -0.05) is 6.07 Å². The highest BCUT2D eigenvalue weighted by Gasteiger charge is 2.30. The third-order valence-electron chi connectivity index (χ3n) is 2.44. The van der Waals surface area contributed by atoms with Gasteiger partial charge in [-0.3, -0.25) is 4.79 Å². The average Bonchev–Trinajstić information content (AvgIpc) is 2.82. The number of hydrogen-bond acceptors (Lipinski definition) is 2. The molecule has 1 aromatic heterocycles. The number of amides is 1. The maximum atomic E-state index is 12.5. The molecule has 2 aromatic rings. The zero-order valence-corrected chi connectivity index (χ0v) is 12.8. The van der Waals surface area contributed by atoms with Crippen LogP contribution >= 0.6 is 27.3 Å². The van der Waals surface area contributed by atoms with E-state index in [2.05, 4.69) is 21.2 Å². The van der Waals surface area contributed by atoms with E-state index < -0.39 is 17.6 Å². The number of thiophene rings is 1. The zero-order chi connectivity index (χ0) is 15.5. The Morgan fingerprint density at radius 1 is 1.29 bits per heavy atom. The smallest absolute Gasteiger partial charge is 0.322 e. The van der Waals surface area contributed by atoms with Gasteiger partial charge in [-0.15, -0.1) is 11.3 Å². The van der Waals surface area contributed by atoms with E-state index >= 15 is 0 Å². The molecular weight excluding hydrogens is 367 g/mol. The molecule has 0 aliphatic rings. The van der Waals surface area contributed by atoms with E-state index in [1.165, 1.54) is 29.5 Å². The number of halogens is 4. The van der Waals surface area contributed by atoms with Crippen LogP contribution in [0.4, 0.5) is 18.9 Å². The number of rotatable bonds is 3. The number of benzene rings is 1. The molecule has 0 fully saturated rings. The van der Waals surface area contributed by atoms with Gasteiger partial charge < -0.3 is 5.32 Å². The largest absolute Gasteiger partial charge is 0.416 e. The molecule has 7 heteroatoms. The lowest BCUT2D eigenvalue weighted by atomic mass is 10.2. The van der Waals surface area contributed by atoms with Crippen LogP contribution < -0.4 is 5.32 Å². The van der Waals surface area contributed by atoms with E-state index in [1.54, 1.807) is 6.08 Å². The lowest BCUT2D eigenvalue weighted by Gasteiger charge is -2.08. The Balaban J connectivity index is 2.04. The van der Waals surface area contributed by atoms with Crippen molar-refractivity contribution in [3.8, 4) is 0 Å². The van der Waals surface area contributed by atoms with Crippen LogP contribution in [0.2, 0.25) is 0 Å². The summed E-state index contributed by atoms with van der Waals surface area (Å²) in [5.41, 5.74) is -0.696. The van der Waals surface area contributed by atoms with Gasteiger partial charge in [0.1, 0.15) is 0 Å². The van der Waals surface area contributed by atoms with Crippen molar-refractivity contribution < 1.29 is 18.0 Å². The Morgan fingerprint density at radius 3 is 2.67 bits per heavy atom. The molecule has 21 heavy (non-hydrogen) atoms. The molecule has 0 spiro atoms. The number of anilines is 1. The fraction of sp³-hybridized carbons (Fsp3) is 0.0714. The van der Waals surface area contributed by atoms with Crippen molar-refractivity contribution in [2.45, 2.75) is 6.18 Å². The topological polar surface area (TPSA) is 29.1 Å². The summed E-state index contributed by atoms with van der Waals surface area (Å²) in [6.45, 7) is 0. The Labute approximate surface area is 131 Å². The van der Waals surface area contributed by atoms with Gasteiger partial charge in [0.15, 0.2) is 0 Å². The summed E-state index contributed by atoms with van der Waals surface area (Å²) in [6, 6.07) is 6.34. The summed E-state index contributed by atoms with van der Waals surface area (Å²) in [5.74, 6) is -0.487. The lowest BCUT2D eigenvalue weighted by molar-refractivity contribution is -0.137. The molecule has 1 amide bonds. The summed E-state index contributed by atoms with van der Waals surface area (Å²) >= 11 is 4.73. The predicted molar refractivity (Wildman–Crippen MR) is 81.1 cm³/mol. The molecule has 110 valence electrons. The van der Waals surface area contributed by atoms with E-state index in [0.29, 0.717) is 0 Å². The molecule has 2 nitrogen and oxygen atoms in total. The van der Waals surface area contributed by atoms with Gasteiger partial charge in [0, 0.05) is 26.5 Å². The summed E-state index contributed by atoms with van der Waals surface area (Å²) in [5, 5.41) is 4.26. The van der Waals surface area contributed by atoms with Gasteiger partial charge in [0.2, 0.25) is 5.91 Å². The van der Waals surface area contributed by atoms with E-state index in [4.69, 9.17) is 0 Å². The Morgan fingerprint density at radius 2 is 2.05 bits per heavy atom. The second-order valence-corrected chi connectivity index (χ2v) is 5.93. The fourth-order valence-electron chi connectivity index (χ4n) is 1.53. The number of hydrogen-bond donors (Lipinski definition) is 1. The van der Waals surface area contributed by atoms with E-state index in [-0.39, 0.29) is 5.69 Å². The predicted octanol–water partition coefficient (Wildman–Crippen LogP) is 5.18. The van der Waals surface area contributed by atoms with Crippen LogP contribution in [0.15, 0.2) is 46.3 Å². The zero-order valence-electron chi connectivity index (χ0n) is 10.4. The minimum Gasteiger partial charge on any atom is -0.322 e. The summed E-state index contributed by atoms with van der Waals surface area (Å²) in [7, 11) is 0. The standard InChI is InChI=1S/C14H9BrF3NOS/c15-10-7-12(21-8-10)4-5-13(20)19-11-3-1-2-9(6-11)14(16,17)18/h1-8H,(H,19,20)/b5-4+. The molecule has 0 bridgehead atoms. The van der Waals surface area contributed by atoms with Crippen molar-refractivity contribution in [3.05, 3.63) is 56.7 Å². The molecule has 0 unspecified atom stereocenters. The molecule has 0 atom stereocenters. The van der Waals surface area contributed by atoms with Crippen molar-refractivity contribution in [1.29, 1.82) is 0 Å². The number of nitrogens with one attached hydrogen (secondary N) is 1. The van der Waals surface area contributed by atoms with Gasteiger partial charge in [0.25, 0.3) is 0 Å². The number of carbonyl (C=O) groups excluding carboxylic acids is 1. The highest BCUT2D eigenvalue weighted by molar-refractivity contribution is 9.10. The van der Waals surface area contributed by atoms with Crippen LogP contribution in [-0.2, 0) is 11.0 Å². The van der Waals surface area contributed by atoms with Crippen LogP contribution in [-0.4, -0.2) is 5.91 Å². The van der Waals surface area contributed by atoms with E-state index in [0.717, 1.165) is 21.5 Å². The van der Waals surface area contributed by atoms with E-state index in [1.807, 2.05) is 11.4 Å². The third kappa shape index (κ3) is 4.71. The highest BCUT2D eigenvalue weighted by atomic mass is 79.9. The summed E-state index contributed by atoms with van der Waals surface area (Å²) < 4.78 is 38.5. The first kappa shape index (κ1) is 15.8. The van der Waals surface area contributed by atoms with Gasteiger partial charge >= 0.3 is 6.18 Å².